The second-order valence-corrected chi connectivity index (χ2v) is 17.2. The van der Waals surface area contributed by atoms with Crippen LogP contribution < -0.4 is 0 Å². The molecule has 1 aromatic rings. The fourth-order valence-corrected chi connectivity index (χ4v) is 5.97. The molecule has 0 aliphatic carbocycles. The van der Waals surface area contributed by atoms with Crippen LogP contribution in [0.2, 0.25) is 0 Å². The van der Waals surface area contributed by atoms with Gasteiger partial charge >= 0.3 is 28.5 Å². The maximum Gasteiger partial charge on any atom is 0.463 e. The van der Waals surface area contributed by atoms with Gasteiger partial charge in [0.25, 0.3) is 0 Å². The molecule has 12 heteroatoms. The first-order valence-corrected chi connectivity index (χ1v) is 16.3. The normalized spacial score (nSPS) is 29.0. The zero-order valence-electron chi connectivity index (χ0n) is 30.0. The topological polar surface area (TPSA) is 73.8 Å². The number of hydrogen-bond donors (Lipinski definition) is 0. The molecule has 1 aromatic carbocycles. The summed E-state index contributed by atoms with van der Waals surface area (Å²) in [6, 6.07) is 8.44. The molecule has 0 unspecified atom stereocenters. The molecule has 0 aromatic heterocycles. The fourth-order valence-electron chi connectivity index (χ4n) is 5.97. The molecular formula is C32H54B4O8. The lowest BCUT2D eigenvalue weighted by Gasteiger charge is -2.32. The lowest BCUT2D eigenvalue weighted by molar-refractivity contribution is 0.00578. The highest BCUT2D eigenvalue weighted by Crippen LogP contribution is 2.49. The number of rotatable bonds is 6. The van der Waals surface area contributed by atoms with Crippen LogP contribution in [0.15, 0.2) is 24.3 Å². The van der Waals surface area contributed by atoms with E-state index in [4.69, 9.17) is 37.2 Å². The second kappa shape index (κ2) is 10.3. The SMILES string of the molecule is CC1(C)OB(C(B2OC(C)(C)C(C)(C)O2)c2ccc(C(B3OC(C)(C)C(C)(C)O3)B3OC(C)(C)C(C)(C)O3)cc2)OC1(C)C. The van der Waals surface area contributed by atoms with Crippen molar-refractivity contribution >= 4 is 28.5 Å². The standard InChI is InChI=1S/C32H54B4O8/c1-25(2)26(3,4)38-33(37-25)23(34-39-27(5,6)28(7,8)40-34)21-17-19-22(20-18-21)24(35-41-29(9,10)30(11,12)42-35)36-43-31(13,14)32(15,16)44-36/h17-20,23-24H,1-16H3. The third-order valence-electron chi connectivity index (χ3n) is 12.0. The molecular weight excluding hydrogens is 556 g/mol. The molecule has 0 N–H and O–H groups in total. The Kier molecular flexibility index (Phi) is 8.10. The highest BCUT2D eigenvalue weighted by atomic mass is 16.7. The minimum absolute atomic E-state index is 0.335. The summed E-state index contributed by atoms with van der Waals surface area (Å²) in [5, 5.41) is 0. The summed E-state index contributed by atoms with van der Waals surface area (Å²) in [5.41, 5.74) is -2.70. The van der Waals surface area contributed by atoms with Crippen LogP contribution in [0, 0.1) is 0 Å². The Bertz CT molecular complexity index is 1010. The maximum atomic E-state index is 6.60. The van der Waals surface area contributed by atoms with Crippen molar-refractivity contribution in [3.8, 4) is 0 Å². The first-order chi connectivity index (χ1) is 19.7. The molecule has 242 valence electrons. The Morgan fingerprint density at radius 1 is 0.318 bits per heavy atom. The summed E-state index contributed by atoms with van der Waals surface area (Å²) in [5.74, 6) is 0. The largest absolute Gasteiger partial charge is 0.463 e. The predicted octanol–water partition coefficient (Wildman–Crippen LogP) is 6.38. The molecule has 4 aliphatic heterocycles. The van der Waals surface area contributed by atoms with Crippen LogP contribution >= 0.6 is 0 Å². The Morgan fingerprint density at radius 2 is 0.455 bits per heavy atom. The minimum Gasteiger partial charge on any atom is -0.403 e. The van der Waals surface area contributed by atoms with Gasteiger partial charge < -0.3 is 37.2 Å². The van der Waals surface area contributed by atoms with E-state index in [9.17, 15) is 0 Å². The van der Waals surface area contributed by atoms with Crippen LogP contribution in [0.4, 0.5) is 0 Å². The predicted molar refractivity (Wildman–Crippen MR) is 176 cm³/mol. The molecule has 4 fully saturated rings. The highest BCUT2D eigenvalue weighted by molar-refractivity contribution is 6.69. The van der Waals surface area contributed by atoms with Crippen LogP contribution in [0.5, 0.6) is 0 Å². The zero-order chi connectivity index (χ0) is 33.1. The maximum absolute atomic E-state index is 6.60. The molecule has 0 amide bonds. The van der Waals surface area contributed by atoms with Crippen molar-refractivity contribution in [2.75, 3.05) is 0 Å². The summed E-state index contributed by atoms with van der Waals surface area (Å²) in [6.45, 7) is 33.1. The Hall–Kier alpha value is -0.840. The van der Waals surface area contributed by atoms with Crippen molar-refractivity contribution in [2.45, 2.75) is 167 Å². The molecule has 0 radical (unpaired) electrons. The lowest BCUT2D eigenvalue weighted by atomic mass is 9.47. The van der Waals surface area contributed by atoms with E-state index in [-0.39, 0.29) is 11.4 Å². The van der Waals surface area contributed by atoms with E-state index in [1.165, 1.54) is 0 Å². The van der Waals surface area contributed by atoms with Gasteiger partial charge in [-0.2, -0.15) is 0 Å². The van der Waals surface area contributed by atoms with Gasteiger partial charge in [0.15, 0.2) is 0 Å². The average Bonchev–Trinajstić information content (AvgIpc) is 3.35. The van der Waals surface area contributed by atoms with Crippen molar-refractivity contribution < 1.29 is 37.2 Å². The highest BCUT2D eigenvalue weighted by Gasteiger charge is 2.64. The number of benzene rings is 1. The average molecular weight is 610 g/mol. The molecule has 0 spiro atoms. The van der Waals surface area contributed by atoms with E-state index < -0.39 is 73.3 Å². The molecule has 4 heterocycles. The second-order valence-electron chi connectivity index (χ2n) is 17.2. The molecule has 8 nitrogen and oxygen atoms in total. The Morgan fingerprint density at radius 3 is 0.591 bits per heavy atom. The van der Waals surface area contributed by atoms with Crippen molar-refractivity contribution in [2.24, 2.45) is 0 Å². The zero-order valence-corrected chi connectivity index (χ0v) is 30.0. The molecule has 0 atom stereocenters. The van der Waals surface area contributed by atoms with Crippen molar-refractivity contribution in [1.82, 2.24) is 0 Å². The van der Waals surface area contributed by atoms with Gasteiger partial charge in [-0.05, 0) is 122 Å². The van der Waals surface area contributed by atoms with Crippen LogP contribution in [-0.4, -0.2) is 73.3 Å². The van der Waals surface area contributed by atoms with Crippen molar-refractivity contribution in [1.29, 1.82) is 0 Å². The van der Waals surface area contributed by atoms with Crippen LogP contribution in [0.3, 0.4) is 0 Å². The lowest BCUT2D eigenvalue weighted by Crippen LogP contribution is -2.42. The smallest absolute Gasteiger partial charge is 0.403 e. The Balaban J connectivity index is 1.52. The van der Waals surface area contributed by atoms with Gasteiger partial charge in [0, 0.05) is 0 Å². The third kappa shape index (κ3) is 5.57. The van der Waals surface area contributed by atoms with Crippen molar-refractivity contribution in [3.63, 3.8) is 0 Å². The summed E-state index contributed by atoms with van der Waals surface area (Å²) in [6.07, 6.45) is 0. The molecule has 0 bridgehead atoms. The first kappa shape index (κ1) is 34.5. The van der Waals surface area contributed by atoms with E-state index in [2.05, 4.69) is 135 Å². The third-order valence-corrected chi connectivity index (χ3v) is 12.0. The Labute approximate surface area is 267 Å². The molecule has 5 rings (SSSR count). The van der Waals surface area contributed by atoms with E-state index in [1.807, 2.05) is 0 Å². The summed E-state index contributed by atoms with van der Waals surface area (Å²) in [7, 11) is -2.27. The summed E-state index contributed by atoms with van der Waals surface area (Å²) < 4.78 is 52.8. The van der Waals surface area contributed by atoms with Crippen molar-refractivity contribution in [3.05, 3.63) is 35.4 Å². The summed E-state index contributed by atoms with van der Waals surface area (Å²) in [4.78, 5) is 0. The molecule has 4 saturated heterocycles. The van der Waals surface area contributed by atoms with E-state index in [0.717, 1.165) is 11.1 Å². The van der Waals surface area contributed by atoms with Gasteiger partial charge in [0.2, 0.25) is 0 Å². The fraction of sp³-hybridized carbons (Fsp3) is 0.812. The van der Waals surface area contributed by atoms with Gasteiger partial charge in [-0.3, -0.25) is 0 Å². The van der Waals surface area contributed by atoms with Crippen LogP contribution in [-0.2, 0) is 37.2 Å². The van der Waals surface area contributed by atoms with E-state index in [1.54, 1.807) is 0 Å². The minimum atomic E-state index is -0.567. The molecule has 0 saturated carbocycles. The van der Waals surface area contributed by atoms with Crippen LogP contribution in [0.1, 0.15) is 133 Å². The van der Waals surface area contributed by atoms with Gasteiger partial charge in [-0.25, -0.2) is 0 Å². The van der Waals surface area contributed by atoms with E-state index >= 15 is 0 Å². The first-order valence-electron chi connectivity index (χ1n) is 16.3. The molecule has 44 heavy (non-hydrogen) atoms. The molecule has 4 aliphatic rings. The van der Waals surface area contributed by atoms with Gasteiger partial charge in [0.05, 0.1) is 56.2 Å². The van der Waals surface area contributed by atoms with Gasteiger partial charge in [-0.15, -0.1) is 0 Å². The van der Waals surface area contributed by atoms with Crippen LogP contribution in [0.25, 0.3) is 0 Å². The van der Waals surface area contributed by atoms with Gasteiger partial charge in [0.1, 0.15) is 0 Å². The quantitative estimate of drug-likeness (QED) is 0.344. The van der Waals surface area contributed by atoms with E-state index in [0.29, 0.717) is 0 Å². The monoisotopic (exact) mass is 610 g/mol. The van der Waals surface area contributed by atoms with Gasteiger partial charge in [-0.1, -0.05) is 24.3 Å². The summed E-state index contributed by atoms with van der Waals surface area (Å²) >= 11 is 0. The number of hydrogen-bond acceptors (Lipinski definition) is 8.